The fourth-order valence-electron chi connectivity index (χ4n) is 4.76. The van der Waals surface area contributed by atoms with Gasteiger partial charge in [-0.3, -0.25) is 4.79 Å². The highest BCUT2D eigenvalue weighted by Crippen LogP contribution is 2.35. The first kappa shape index (κ1) is 23.6. The molecule has 168 valence electrons. The summed E-state index contributed by atoms with van der Waals surface area (Å²) in [5.41, 5.74) is 0.830. The molecule has 1 amide bonds. The van der Waals surface area contributed by atoms with Crippen molar-refractivity contribution >= 4 is 39.1 Å². The lowest BCUT2D eigenvalue weighted by atomic mass is 9.79. The van der Waals surface area contributed by atoms with Crippen molar-refractivity contribution in [3.63, 3.8) is 0 Å². The van der Waals surface area contributed by atoms with E-state index in [1.54, 1.807) is 16.4 Å². The van der Waals surface area contributed by atoms with Gasteiger partial charge >= 0.3 is 0 Å². The average molecular weight is 477 g/mol. The standard InChI is InChI=1S/C21H30Cl2N2O4S/c1-14(11-15-12-18(22)20(26)19(23)13-15)21(27)24-7-3-16(4-8-24)17-5-9-25(10-6-17)30(2,28)29/h12-14,16-17,26H,3-11H2,1-2H3/t14-/m1/s1. The minimum Gasteiger partial charge on any atom is -0.505 e. The third-order valence-corrected chi connectivity index (χ3v) is 8.41. The van der Waals surface area contributed by atoms with Gasteiger partial charge in [0.25, 0.3) is 0 Å². The molecule has 0 bridgehead atoms. The molecule has 1 atom stereocenters. The first-order chi connectivity index (χ1) is 14.1. The molecule has 0 aliphatic carbocycles. The molecule has 0 aromatic heterocycles. The molecule has 2 heterocycles. The Labute approximate surface area is 189 Å². The molecule has 0 unspecified atom stereocenters. The Kier molecular flexibility index (Phi) is 7.59. The van der Waals surface area contributed by atoms with Gasteiger partial charge in [-0.2, -0.15) is 0 Å². The third kappa shape index (κ3) is 5.61. The van der Waals surface area contributed by atoms with Gasteiger partial charge in [-0.15, -0.1) is 0 Å². The average Bonchev–Trinajstić information content (AvgIpc) is 2.71. The zero-order valence-corrected chi connectivity index (χ0v) is 19.8. The van der Waals surface area contributed by atoms with E-state index in [0.717, 1.165) is 44.3 Å². The van der Waals surface area contributed by atoms with Crippen LogP contribution in [0.5, 0.6) is 5.75 Å². The van der Waals surface area contributed by atoms with Crippen LogP contribution in [0.2, 0.25) is 10.0 Å². The molecule has 3 rings (SSSR count). The van der Waals surface area contributed by atoms with Crippen molar-refractivity contribution in [1.29, 1.82) is 0 Å². The number of piperidine rings is 2. The van der Waals surface area contributed by atoms with E-state index in [2.05, 4.69) is 0 Å². The quantitative estimate of drug-likeness (QED) is 0.700. The molecule has 0 saturated carbocycles. The third-order valence-electron chi connectivity index (χ3n) is 6.53. The molecule has 30 heavy (non-hydrogen) atoms. The Morgan fingerprint density at radius 2 is 1.53 bits per heavy atom. The number of sulfonamides is 1. The minimum absolute atomic E-state index is 0.126. The number of hydrogen-bond acceptors (Lipinski definition) is 4. The summed E-state index contributed by atoms with van der Waals surface area (Å²) < 4.78 is 25.0. The van der Waals surface area contributed by atoms with Gasteiger partial charge in [0, 0.05) is 32.1 Å². The molecule has 2 aliphatic heterocycles. The highest BCUT2D eigenvalue weighted by atomic mass is 35.5. The number of aromatic hydroxyl groups is 1. The van der Waals surface area contributed by atoms with E-state index in [-0.39, 0.29) is 27.6 Å². The maximum atomic E-state index is 12.9. The summed E-state index contributed by atoms with van der Waals surface area (Å²) in [7, 11) is -3.09. The summed E-state index contributed by atoms with van der Waals surface area (Å²) in [6.45, 7) is 4.62. The number of hydrogen-bond donors (Lipinski definition) is 1. The van der Waals surface area contributed by atoms with E-state index < -0.39 is 10.0 Å². The number of carbonyl (C=O) groups excluding carboxylic acids is 1. The molecule has 2 fully saturated rings. The van der Waals surface area contributed by atoms with Crippen LogP contribution in [0.1, 0.15) is 38.2 Å². The molecular weight excluding hydrogens is 447 g/mol. The van der Waals surface area contributed by atoms with Crippen LogP contribution in [0.15, 0.2) is 12.1 Å². The summed E-state index contributed by atoms with van der Waals surface area (Å²) in [5.74, 6) is 0.891. The summed E-state index contributed by atoms with van der Waals surface area (Å²) in [6.07, 6.45) is 5.55. The molecule has 0 spiro atoms. The second kappa shape index (κ2) is 9.63. The highest BCUT2D eigenvalue weighted by Gasteiger charge is 2.33. The van der Waals surface area contributed by atoms with E-state index in [1.165, 1.54) is 6.26 Å². The predicted molar refractivity (Wildman–Crippen MR) is 119 cm³/mol. The van der Waals surface area contributed by atoms with Crippen LogP contribution < -0.4 is 0 Å². The number of nitrogens with zero attached hydrogens (tertiary/aromatic N) is 2. The van der Waals surface area contributed by atoms with Gasteiger partial charge in [0.1, 0.15) is 0 Å². The molecule has 2 aliphatic rings. The lowest BCUT2D eigenvalue weighted by molar-refractivity contribution is -0.136. The molecule has 6 nitrogen and oxygen atoms in total. The lowest BCUT2D eigenvalue weighted by Gasteiger charge is -2.40. The number of phenolic OH excluding ortho intramolecular Hbond substituents is 1. The smallest absolute Gasteiger partial charge is 0.225 e. The zero-order valence-electron chi connectivity index (χ0n) is 17.5. The van der Waals surface area contributed by atoms with E-state index in [9.17, 15) is 18.3 Å². The van der Waals surface area contributed by atoms with E-state index >= 15 is 0 Å². The monoisotopic (exact) mass is 476 g/mol. The first-order valence-corrected chi connectivity index (χ1v) is 13.1. The van der Waals surface area contributed by atoms with E-state index in [0.29, 0.717) is 31.3 Å². The summed E-state index contributed by atoms with van der Waals surface area (Å²) in [5, 5.41) is 10.1. The Balaban J connectivity index is 1.49. The maximum absolute atomic E-state index is 12.9. The molecule has 0 radical (unpaired) electrons. The summed E-state index contributed by atoms with van der Waals surface area (Å²) >= 11 is 12.0. The molecular formula is C21H30Cl2N2O4S. The Morgan fingerprint density at radius 1 is 1.07 bits per heavy atom. The molecule has 1 aromatic carbocycles. The second-order valence-corrected chi connectivity index (χ2v) is 11.5. The maximum Gasteiger partial charge on any atom is 0.225 e. The van der Waals surface area contributed by atoms with Crippen LogP contribution in [-0.2, 0) is 21.2 Å². The van der Waals surface area contributed by atoms with Gasteiger partial charge in [0.05, 0.1) is 16.3 Å². The van der Waals surface area contributed by atoms with Crippen molar-refractivity contribution in [3.05, 3.63) is 27.7 Å². The van der Waals surface area contributed by atoms with Crippen molar-refractivity contribution < 1.29 is 18.3 Å². The van der Waals surface area contributed by atoms with E-state index in [4.69, 9.17) is 23.2 Å². The van der Waals surface area contributed by atoms with Crippen molar-refractivity contribution in [2.24, 2.45) is 17.8 Å². The number of halogens is 2. The molecule has 2 saturated heterocycles. The SMILES string of the molecule is C[C@H](Cc1cc(Cl)c(O)c(Cl)c1)C(=O)N1CCC(C2CCN(S(C)(=O)=O)CC2)CC1. The first-order valence-electron chi connectivity index (χ1n) is 10.5. The number of carbonyl (C=O) groups is 1. The van der Waals surface area contributed by atoms with Crippen molar-refractivity contribution in [2.75, 3.05) is 32.4 Å². The largest absolute Gasteiger partial charge is 0.505 e. The van der Waals surface area contributed by atoms with Crippen LogP contribution in [-0.4, -0.2) is 61.1 Å². The van der Waals surface area contributed by atoms with Crippen LogP contribution in [0.25, 0.3) is 0 Å². The Hall–Kier alpha value is -1.02. The fourth-order valence-corrected chi connectivity index (χ4v) is 6.16. The van der Waals surface area contributed by atoms with Gasteiger partial charge in [0.2, 0.25) is 15.9 Å². The second-order valence-electron chi connectivity index (χ2n) is 8.68. The van der Waals surface area contributed by atoms with Gasteiger partial charge in [0.15, 0.2) is 5.75 Å². The van der Waals surface area contributed by atoms with Gasteiger partial charge < -0.3 is 10.0 Å². The van der Waals surface area contributed by atoms with Gasteiger partial charge in [-0.25, -0.2) is 12.7 Å². The number of rotatable bonds is 5. The number of benzene rings is 1. The van der Waals surface area contributed by atoms with Crippen molar-refractivity contribution in [1.82, 2.24) is 9.21 Å². The topological polar surface area (TPSA) is 77.9 Å². The lowest BCUT2D eigenvalue weighted by Crippen LogP contribution is -2.45. The van der Waals surface area contributed by atoms with Crippen molar-refractivity contribution in [2.45, 2.75) is 39.0 Å². The highest BCUT2D eigenvalue weighted by molar-refractivity contribution is 7.88. The molecule has 1 aromatic rings. The number of amides is 1. The number of likely N-dealkylation sites (tertiary alicyclic amines) is 1. The van der Waals surface area contributed by atoms with Gasteiger partial charge in [-0.1, -0.05) is 30.1 Å². The zero-order chi connectivity index (χ0) is 22.1. The Bertz CT molecular complexity index is 854. The van der Waals surface area contributed by atoms with Crippen LogP contribution in [0.3, 0.4) is 0 Å². The predicted octanol–water partition coefficient (Wildman–Crippen LogP) is 3.79. The van der Waals surface area contributed by atoms with Crippen LogP contribution in [0.4, 0.5) is 0 Å². The Morgan fingerprint density at radius 3 is 2.00 bits per heavy atom. The van der Waals surface area contributed by atoms with Gasteiger partial charge in [-0.05, 0) is 61.6 Å². The summed E-state index contributed by atoms with van der Waals surface area (Å²) in [4.78, 5) is 14.9. The molecule has 9 heteroatoms. The van der Waals surface area contributed by atoms with E-state index in [1.807, 2.05) is 11.8 Å². The number of phenols is 1. The molecule has 1 N–H and O–H groups in total. The van der Waals surface area contributed by atoms with Crippen LogP contribution >= 0.6 is 23.2 Å². The minimum atomic E-state index is -3.09. The van der Waals surface area contributed by atoms with Crippen molar-refractivity contribution in [3.8, 4) is 5.75 Å². The van der Waals surface area contributed by atoms with Crippen LogP contribution in [0, 0.1) is 17.8 Å². The summed E-state index contributed by atoms with van der Waals surface area (Å²) in [6, 6.07) is 3.31. The fraction of sp³-hybridized carbons (Fsp3) is 0.667. The normalized spacial score (nSPS) is 21.0.